The van der Waals surface area contributed by atoms with Crippen LogP contribution in [0.3, 0.4) is 0 Å². The summed E-state index contributed by atoms with van der Waals surface area (Å²) in [4.78, 5) is 11.2. The lowest BCUT2D eigenvalue weighted by Crippen LogP contribution is -2.08. The van der Waals surface area contributed by atoms with Crippen LogP contribution in [0.1, 0.15) is 21.8 Å². The molecule has 0 N–H and O–H groups in total. The van der Waals surface area contributed by atoms with E-state index in [1.807, 2.05) is 24.4 Å². The van der Waals surface area contributed by atoms with Gasteiger partial charge in [0.25, 0.3) is 0 Å². The Morgan fingerprint density at radius 2 is 1.92 bits per heavy atom. The summed E-state index contributed by atoms with van der Waals surface area (Å²) in [5.41, 5.74) is 0.901. The Morgan fingerprint density at radius 3 is 2.60 bits per heavy atom. The maximum atomic E-state index is 12.7. The highest BCUT2D eigenvalue weighted by atomic mass is 32.1. The lowest BCUT2D eigenvalue weighted by Gasteiger charge is -2.11. The van der Waals surface area contributed by atoms with Crippen LogP contribution in [-0.2, 0) is 19.0 Å². The number of alkyl halides is 3. The van der Waals surface area contributed by atoms with Crippen molar-refractivity contribution in [1.29, 1.82) is 0 Å². The van der Waals surface area contributed by atoms with Crippen LogP contribution in [0.2, 0.25) is 0 Å². The number of rotatable bonds is 5. The topological polar surface area (TPSA) is 47.9 Å². The smallest absolute Gasteiger partial charge is 0.433 e. The predicted molar refractivity (Wildman–Crippen MR) is 87.8 cm³/mol. The van der Waals surface area contributed by atoms with Crippen LogP contribution in [0.25, 0.3) is 0 Å². The Morgan fingerprint density at radius 1 is 1.08 bits per heavy atom. The molecule has 130 valence electrons. The van der Waals surface area contributed by atoms with Gasteiger partial charge in [0.2, 0.25) is 5.88 Å². The van der Waals surface area contributed by atoms with E-state index in [2.05, 4.69) is 15.0 Å². The van der Waals surface area contributed by atoms with Gasteiger partial charge in [-0.1, -0.05) is 12.1 Å². The van der Waals surface area contributed by atoms with Gasteiger partial charge in [-0.3, -0.25) is 0 Å². The molecule has 0 amide bonds. The third-order valence-electron chi connectivity index (χ3n) is 3.50. The van der Waals surface area contributed by atoms with Gasteiger partial charge in [0.15, 0.2) is 5.69 Å². The van der Waals surface area contributed by atoms with Gasteiger partial charge in [-0.25, -0.2) is 15.0 Å². The van der Waals surface area contributed by atoms with Crippen LogP contribution < -0.4 is 4.74 Å². The first-order valence-electron chi connectivity index (χ1n) is 7.47. The first-order chi connectivity index (χ1) is 11.9. The number of aromatic nitrogens is 3. The Labute approximate surface area is 146 Å². The van der Waals surface area contributed by atoms with Crippen LogP contribution in [0.15, 0.2) is 42.2 Å². The van der Waals surface area contributed by atoms with Crippen molar-refractivity contribution in [1.82, 2.24) is 15.0 Å². The van der Waals surface area contributed by atoms with E-state index in [9.17, 15) is 13.2 Å². The monoisotopic (exact) mass is 365 g/mol. The largest absolute Gasteiger partial charge is 0.439 e. The third kappa shape index (κ3) is 4.54. The van der Waals surface area contributed by atoms with E-state index in [1.54, 1.807) is 23.6 Å². The number of hydrogen-bond acceptors (Lipinski definition) is 5. The molecule has 0 spiro atoms. The molecule has 1 aromatic carbocycles. The third-order valence-corrected chi connectivity index (χ3v) is 4.34. The van der Waals surface area contributed by atoms with E-state index in [4.69, 9.17) is 4.74 Å². The molecule has 3 aromatic rings. The SMILES string of the molecule is Cc1cc(CCc2nccs2)ccc1Oc1cc(C(F)(F)F)ncn1. The molecule has 0 aliphatic carbocycles. The van der Waals surface area contributed by atoms with Gasteiger partial charge in [-0.2, -0.15) is 13.2 Å². The molecule has 2 heterocycles. The second kappa shape index (κ2) is 7.18. The molecule has 0 unspecified atom stereocenters. The van der Waals surface area contributed by atoms with Crippen molar-refractivity contribution < 1.29 is 17.9 Å². The van der Waals surface area contributed by atoms with Gasteiger partial charge in [0, 0.05) is 24.1 Å². The van der Waals surface area contributed by atoms with Crippen molar-refractivity contribution in [3.05, 3.63) is 64.0 Å². The fraction of sp³-hybridized carbons (Fsp3) is 0.235. The van der Waals surface area contributed by atoms with Crippen molar-refractivity contribution in [2.75, 3.05) is 0 Å². The highest BCUT2D eigenvalue weighted by molar-refractivity contribution is 7.09. The fourth-order valence-corrected chi connectivity index (χ4v) is 2.89. The number of aryl methyl sites for hydroxylation is 3. The molecule has 4 nitrogen and oxygen atoms in total. The Bertz CT molecular complexity index is 851. The zero-order valence-electron chi connectivity index (χ0n) is 13.2. The van der Waals surface area contributed by atoms with E-state index in [0.717, 1.165) is 41.4 Å². The summed E-state index contributed by atoms with van der Waals surface area (Å²) in [7, 11) is 0. The summed E-state index contributed by atoms with van der Waals surface area (Å²) >= 11 is 1.61. The molecule has 0 aliphatic heterocycles. The molecule has 3 rings (SSSR count). The highest BCUT2D eigenvalue weighted by Gasteiger charge is 2.33. The lowest BCUT2D eigenvalue weighted by atomic mass is 10.1. The second-order valence-corrected chi connectivity index (χ2v) is 6.35. The molecule has 25 heavy (non-hydrogen) atoms. The lowest BCUT2D eigenvalue weighted by molar-refractivity contribution is -0.141. The molecule has 0 saturated heterocycles. The number of halogens is 3. The predicted octanol–water partition coefficient (Wildman–Crippen LogP) is 4.84. The van der Waals surface area contributed by atoms with E-state index < -0.39 is 11.9 Å². The minimum atomic E-state index is -4.53. The average Bonchev–Trinajstić information content (AvgIpc) is 3.08. The van der Waals surface area contributed by atoms with Crippen molar-refractivity contribution in [3.8, 4) is 11.6 Å². The summed E-state index contributed by atoms with van der Waals surface area (Å²) in [5.74, 6) is 0.325. The Balaban J connectivity index is 1.71. The van der Waals surface area contributed by atoms with Crippen LogP contribution in [0.5, 0.6) is 11.6 Å². The number of benzene rings is 1. The molecule has 0 saturated carbocycles. The molecule has 0 bridgehead atoms. The number of thiazole rings is 1. The van der Waals surface area contributed by atoms with Gasteiger partial charge in [-0.05, 0) is 30.5 Å². The summed E-state index contributed by atoms with van der Waals surface area (Å²) in [6, 6.07) is 6.37. The molecule has 8 heteroatoms. The normalized spacial score (nSPS) is 11.5. The zero-order chi connectivity index (χ0) is 17.9. The average molecular weight is 365 g/mol. The second-order valence-electron chi connectivity index (χ2n) is 5.37. The van der Waals surface area contributed by atoms with Gasteiger partial charge in [-0.15, -0.1) is 11.3 Å². The number of nitrogens with zero attached hydrogens (tertiary/aromatic N) is 3. The highest BCUT2D eigenvalue weighted by Crippen LogP contribution is 2.31. The van der Waals surface area contributed by atoms with Crippen LogP contribution in [-0.4, -0.2) is 15.0 Å². The molecule has 0 atom stereocenters. The first kappa shape index (κ1) is 17.3. The van der Waals surface area contributed by atoms with Crippen LogP contribution in [0.4, 0.5) is 13.2 Å². The van der Waals surface area contributed by atoms with Crippen LogP contribution >= 0.6 is 11.3 Å². The standard InChI is InChI=1S/C17H14F3N3OS/c1-11-8-12(3-5-16-21-6-7-25-16)2-4-13(11)24-15-9-14(17(18,19)20)22-10-23-15/h2,4,6-10H,3,5H2,1H3. The Hall–Kier alpha value is -2.48. The molecule has 0 fully saturated rings. The van der Waals surface area contributed by atoms with E-state index in [0.29, 0.717) is 5.75 Å². The molecular formula is C17H14F3N3OS. The first-order valence-corrected chi connectivity index (χ1v) is 8.35. The molecule has 2 aromatic heterocycles. The van der Waals surface area contributed by atoms with Gasteiger partial charge in [0.05, 0.1) is 5.01 Å². The minimum Gasteiger partial charge on any atom is -0.439 e. The van der Waals surface area contributed by atoms with Crippen molar-refractivity contribution >= 4 is 11.3 Å². The number of ether oxygens (including phenoxy) is 1. The maximum Gasteiger partial charge on any atom is 0.433 e. The van der Waals surface area contributed by atoms with Gasteiger partial charge < -0.3 is 4.74 Å². The summed E-state index contributed by atoms with van der Waals surface area (Å²) in [6.07, 6.45) is -0.233. The maximum absolute atomic E-state index is 12.7. The van der Waals surface area contributed by atoms with Crippen molar-refractivity contribution in [3.63, 3.8) is 0 Å². The quantitative estimate of drug-likeness (QED) is 0.649. The summed E-state index contributed by atoms with van der Waals surface area (Å²) < 4.78 is 43.6. The molecular weight excluding hydrogens is 351 g/mol. The van der Waals surface area contributed by atoms with Crippen LogP contribution in [0, 0.1) is 6.92 Å². The fourth-order valence-electron chi connectivity index (χ4n) is 2.27. The van der Waals surface area contributed by atoms with E-state index in [1.165, 1.54) is 0 Å². The van der Waals surface area contributed by atoms with Crippen molar-refractivity contribution in [2.45, 2.75) is 25.9 Å². The molecule has 0 radical (unpaired) electrons. The van der Waals surface area contributed by atoms with Gasteiger partial charge >= 0.3 is 6.18 Å². The summed E-state index contributed by atoms with van der Waals surface area (Å²) in [6.45, 7) is 1.84. The summed E-state index contributed by atoms with van der Waals surface area (Å²) in [5, 5.41) is 3.01. The Kier molecular flexibility index (Phi) is 4.98. The molecule has 0 aliphatic rings. The zero-order valence-corrected chi connectivity index (χ0v) is 14.1. The number of hydrogen-bond donors (Lipinski definition) is 0. The minimum absolute atomic E-state index is 0.138. The van der Waals surface area contributed by atoms with E-state index >= 15 is 0 Å². The van der Waals surface area contributed by atoms with Gasteiger partial charge in [0.1, 0.15) is 12.1 Å². The van der Waals surface area contributed by atoms with Crippen molar-refractivity contribution in [2.24, 2.45) is 0 Å². The van der Waals surface area contributed by atoms with E-state index in [-0.39, 0.29) is 5.88 Å².